The maximum atomic E-state index is 2.37. The Hall–Kier alpha value is -0.260. The third-order valence-electron chi connectivity index (χ3n) is 2.81. The quantitative estimate of drug-likeness (QED) is 0.500. The molecule has 0 aliphatic carbocycles. The van der Waals surface area contributed by atoms with Crippen molar-refractivity contribution in [2.24, 2.45) is 17.8 Å². The summed E-state index contributed by atoms with van der Waals surface area (Å²) < 4.78 is 0. The molecule has 0 saturated heterocycles. The smallest absolute Gasteiger partial charge is 0.0325 e. The standard InChI is InChI=1S/C14H28/c1-6-13(4)9-7-8-10-14(5)11-12(2)3/h7-8,12-14H,6,9-11H2,1-5H3. The van der Waals surface area contributed by atoms with Gasteiger partial charge in [-0.25, -0.2) is 0 Å². The lowest BCUT2D eigenvalue weighted by molar-refractivity contribution is 0.442. The highest BCUT2D eigenvalue weighted by Gasteiger charge is 2.02. The van der Waals surface area contributed by atoms with E-state index in [-0.39, 0.29) is 0 Å². The second-order valence-corrected chi connectivity index (χ2v) is 5.19. The van der Waals surface area contributed by atoms with Crippen LogP contribution < -0.4 is 0 Å². The molecule has 84 valence electrons. The molecule has 0 aromatic rings. The van der Waals surface area contributed by atoms with Crippen LogP contribution in [-0.4, -0.2) is 0 Å². The molecule has 0 amide bonds. The highest BCUT2D eigenvalue weighted by molar-refractivity contribution is 4.84. The first-order valence-electron chi connectivity index (χ1n) is 6.21. The molecule has 0 spiro atoms. The minimum atomic E-state index is 0.841. The molecule has 0 aromatic heterocycles. The van der Waals surface area contributed by atoms with Gasteiger partial charge in [-0.2, -0.15) is 0 Å². The summed E-state index contributed by atoms with van der Waals surface area (Å²) in [5.41, 5.74) is 0. The van der Waals surface area contributed by atoms with Crippen LogP contribution in [-0.2, 0) is 0 Å². The summed E-state index contributed by atoms with van der Waals surface area (Å²) in [6, 6.07) is 0. The Kier molecular flexibility index (Phi) is 7.93. The minimum Gasteiger partial charge on any atom is -0.0883 e. The van der Waals surface area contributed by atoms with Gasteiger partial charge < -0.3 is 0 Å². The van der Waals surface area contributed by atoms with Crippen LogP contribution in [0, 0.1) is 17.8 Å². The average molecular weight is 196 g/mol. The van der Waals surface area contributed by atoms with Crippen LogP contribution in [0.3, 0.4) is 0 Å². The lowest BCUT2D eigenvalue weighted by Crippen LogP contribution is -1.98. The first-order valence-corrected chi connectivity index (χ1v) is 6.21. The second-order valence-electron chi connectivity index (χ2n) is 5.19. The maximum absolute atomic E-state index is 2.37. The van der Waals surface area contributed by atoms with Gasteiger partial charge in [0, 0.05) is 0 Å². The third-order valence-corrected chi connectivity index (χ3v) is 2.81. The Morgan fingerprint density at radius 1 is 0.857 bits per heavy atom. The van der Waals surface area contributed by atoms with E-state index in [1.165, 1.54) is 25.7 Å². The molecule has 0 heteroatoms. The maximum Gasteiger partial charge on any atom is -0.0325 e. The van der Waals surface area contributed by atoms with Gasteiger partial charge in [0.2, 0.25) is 0 Å². The van der Waals surface area contributed by atoms with Crippen LogP contribution in [0.15, 0.2) is 12.2 Å². The van der Waals surface area contributed by atoms with Crippen molar-refractivity contribution < 1.29 is 0 Å². The summed E-state index contributed by atoms with van der Waals surface area (Å²) in [6.45, 7) is 11.5. The molecule has 0 aliphatic heterocycles. The summed E-state index contributed by atoms with van der Waals surface area (Å²) in [5, 5.41) is 0. The van der Waals surface area contributed by atoms with Crippen molar-refractivity contribution in [1.29, 1.82) is 0 Å². The molecule has 0 fully saturated rings. The van der Waals surface area contributed by atoms with Crippen molar-refractivity contribution in [3.63, 3.8) is 0 Å². The molecular weight excluding hydrogens is 168 g/mol. The first kappa shape index (κ1) is 13.7. The number of hydrogen-bond acceptors (Lipinski definition) is 0. The highest BCUT2D eigenvalue weighted by Crippen LogP contribution is 2.15. The first-order chi connectivity index (χ1) is 6.56. The molecule has 2 unspecified atom stereocenters. The van der Waals surface area contributed by atoms with Crippen molar-refractivity contribution in [3.8, 4) is 0 Å². The van der Waals surface area contributed by atoms with Gasteiger partial charge in [-0.05, 0) is 37.0 Å². The summed E-state index contributed by atoms with van der Waals surface area (Å²) >= 11 is 0. The van der Waals surface area contributed by atoms with Crippen LogP contribution in [0.1, 0.15) is 60.3 Å². The summed E-state index contributed by atoms with van der Waals surface area (Å²) in [6.07, 6.45) is 9.91. The number of hydrogen-bond donors (Lipinski definition) is 0. The monoisotopic (exact) mass is 196 g/mol. The van der Waals surface area contributed by atoms with E-state index in [0.717, 1.165) is 17.8 Å². The van der Waals surface area contributed by atoms with Gasteiger partial charge in [-0.1, -0.05) is 53.2 Å². The van der Waals surface area contributed by atoms with Crippen LogP contribution in [0.5, 0.6) is 0 Å². The molecule has 0 bridgehead atoms. The zero-order chi connectivity index (χ0) is 11.0. The van der Waals surface area contributed by atoms with Gasteiger partial charge in [-0.15, -0.1) is 0 Å². The van der Waals surface area contributed by atoms with Crippen LogP contribution >= 0.6 is 0 Å². The lowest BCUT2D eigenvalue weighted by Gasteiger charge is -2.11. The molecule has 0 radical (unpaired) electrons. The topological polar surface area (TPSA) is 0 Å². The van der Waals surface area contributed by atoms with E-state index in [0.29, 0.717) is 0 Å². The predicted molar refractivity (Wildman–Crippen MR) is 66.4 cm³/mol. The third kappa shape index (κ3) is 8.34. The zero-order valence-electron chi connectivity index (χ0n) is 10.7. The van der Waals surface area contributed by atoms with E-state index < -0.39 is 0 Å². The molecule has 14 heavy (non-hydrogen) atoms. The van der Waals surface area contributed by atoms with Gasteiger partial charge in [0.1, 0.15) is 0 Å². The SMILES string of the molecule is CCC(C)CC=CCC(C)CC(C)C. The Labute approximate surface area is 90.8 Å². The Balaban J connectivity index is 3.50. The van der Waals surface area contributed by atoms with Crippen LogP contribution in [0.2, 0.25) is 0 Å². The van der Waals surface area contributed by atoms with Gasteiger partial charge in [-0.3, -0.25) is 0 Å². The minimum absolute atomic E-state index is 0.841. The molecule has 0 heterocycles. The Morgan fingerprint density at radius 2 is 1.36 bits per heavy atom. The van der Waals surface area contributed by atoms with E-state index in [4.69, 9.17) is 0 Å². The summed E-state index contributed by atoms with van der Waals surface area (Å²) in [4.78, 5) is 0. The van der Waals surface area contributed by atoms with Crippen molar-refractivity contribution in [2.45, 2.75) is 60.3 Å². The van der Waals surface area contributed by atoms with Gasteiger partial charge >= 0.3 is 0 Å². The van der Waals surface area contributed by atoms with Crippen LogP contribution in [0.4, 0.5) is 0 Å². The van der Waals surface area contributed by atoms with Gasteiger partial charge in [0.25, 0.3) is 0 Å². The molecule has 0 nitrogen and oxygen atoms in total. The Bertz CT molecular complexity index is 144. The molecule has 2 atom stereocenters. The summed E-state index contributed by atoms with van der Waals surface area (Å²) in [5.74, 6) is 2.54. The van der Waals surface area contributed by atoms with Crippen molar-refractivity contribution in [2.75, 3.05) is 0 Å². The predicted octanol–water partition coefficient (Wildman–Crippen LogP) is 5.05. The van der Waals surface area contributed by atoms with E-state index in [2.05, 4.69) is 46.8 Å². The number of rotatable bonds is 7. The highest BCUT2D eigenvalue weighted by atomic mass is 14.1. The Morgan fingerprint density at radius 3 is 1.79 bits per heavy atom. The molecule has 0 N–H and O–H groups in total. The normalized spacial score (nSPS) is 16.4. The fraction of sp³-hybridized carbons (Fsp3) is 0.857. The fourth-order valence-corrected chi connectivity index (χ4v) is 1.72. The molecular formula is C14H28. The second kappa shape index (κ2) is 8.08. The van der Waals surface area contributed by atoms with Gasteiger partial charge in [0.05, 0.1) is 0 Å². The van der Waals surface area contributed by atoms with Crippen molar-refractivity contribution >= 4 is 0 Å². The van der Waals surface area contributed by atoms with E-state index in [9.17, 15) is 0 Å². The fourth-order valence-electron chi connectivity index (χ4n) is 1.72. The van der Waals surface area contributed by atoms with E-state index >= 15 is 0 Å². The van der Waals surface area contributed by atoms with E-state index in [1.807, 2.05) is 0 Å². The molecule has 0 saturated carbocycles. The van der Waals surface area contributed by atoms with E-state index in [1.54, 1.807) is 0 Å². The number of allylic oxidation sites excluding steroid dienone is 2. The summed E-state index contributed by atoms with van der Waals surface area (Å²) in [7, 11) is 0. The molecule has 0 rings (SSSR count). The largest absolute Gasteiger partial charge is 0.0883 e. The zero-order valence-corrected chi connectivity index (χ0v) is 10.7. The van der Waals surface area contributed by atoms with Crippen molar-refractivity contribution in [1.82, 2.24) is 0 Å². The molecule has 0 aromatic carbocycles. The lowest BCUT2D eigenvalue weighted by atomic mass is 9.95. The average Bonchev–Trinajstić information content (AvgIpc) is 2.10. The van der Waals surface area contributed by atoms with Crippen LogP contribution in [0.25, 0.3) is 0 Å². The van der Waals surface area contributed by atoms with Gasteiger partial charge in [0.15, 0.2) is 0 Å². The van der Waals surface area contributed by atoms with Crippen molar-refractivity contribution in [3.05, 3.63) is 12.2 Å². The molecule has 0 aliphatic rings.